The van der Waals surface area contributed by atoms with Crippen LogP contribution in [0, 0.1) is 5.92 Å². The second kappa shape index (κ2) is 21.6. The van der Waals surface area contributed by atoms with Crippen molar-refractivity contribution in [2.24, 2.45) is 11.7 Å². The number of nitrogens with one attached hydrogen (secondary N) is 6. The van der Waals surface area contributed by atoms with E-state index in [2.05, 4.69) is 31.6 Å². The number of fused-ring (bicyclic) bond motifs is 1. The van der Waals surface area contributed by atoms with E-state index in [1.165, 1.54) is 11.8 Å². The number of thioether (sulfide) groups is 1. The molecule has 2 aromatic rings. The predicted molar refractivity (Wildman–Crippen MR) is 191 cm³/mol. The fraction of sp³-hybridized carbons (Fsp3) is 0.545. The number of carboxylic acids is 2. The molecule has 0 fully saturated rings. The largest absolute Gasteiger partial charge is 0.481 e. The van der Waals surface area contributed by atoms with E-state index in [1.807, 2.05) is 24.3 Å². The van der Waals surface area contributed by atoms with Crippen LogP contribution in [0.1, 0.15) is 45.1 Å². The highest BCUT2D eigenvalue weighted by Gasteiger charge is 2.33. The van der Waals surface area contributed by atoms with Crippen LogP contribution in [0.15, 0.2) is 30.5 Å². The van der Waals surface area contributed by atoms with Crippen LogP contribution in [-0.2, 0) is 40.0 Å². The van der Waals surface area contributed by atoms with Crippen LogP contribution >= 0.6 is 11.8 Å². The quantitative estimate of drug-likeness (QED) is 0.0598. The van der Waals surface area contributed by atoms with Crippen molar-refractivity contribution < 1.29 is 54.0 Å². The summed E-state index contributed by atoms with van der Waals surface area (Å²) in [5, 5.41) is 50.2. The molecule has 0 aliphatic rings. The number of aliphatic hydroxyl groups excluding tert-OH is 2. The first-order valence-corrected chi connectivity index (χ1v) is 18.0. The van der Waals surface area contributed by atoms with Crippen LogP contribution < -0.4 is 32.3 Å². The number of aromatic amines is 1. The monoisotopic (exact) mass is 751 g/mol. The molecule has 0 saturated heterocycles. The SMILES string of the molecule is CSCC[C@H](NC(=O)[C@H](Cc1c[nH]c2ccccc12)NC(=O)[C@@H](N)CO)C(=O)N[C@@H](CC(C)C)C(=O)N[C@@H](CCC(=O)O)C(=O)N[C@@H](CO)C(=O)O. The van der Waals surface area contributed by atoms with Gasteiger partial charge in [-0.2, -0.15) is 11.8 Å². The molecule has 0 bridgehead atoms. The third-order valence-electron chi connectivity index (χ3n) is 7.93. The number of carbonyl (C=O) groups excluding carboxylic acids is 5. The zero-order chi connectivity index (χ0) is 39.0. The molecular formula is C33H49N7O11S. The minimum Gasteiger partial charge on any atom is -0.481 e. The summed E-state index contributed by atoms with van der Waals surface area (Å²) in [5.41, 5.74) is 7.18. The smallest absolute Gasteiger partial charge is 0.328 e. The molecule has 0 aliphatic carbocycles. The summed E-state index contributed by atoms with van der Waals surface area (Å²) < 4.78 is 0. The molecule has 12 N–H and O–H groups in total. The van der Waals surface area contributed by atoms with Gasteiger partial charge in [-0.3, -0.25) is 28.8 Å². The van der Waals surface area contributed by atoms with Crippen LogP contribution in [0.3, 0.4) is 0 Å². The van der Waals surface area contributed by atoms with Gasteiger partial charge in [-0.1, -0.05) is 32.0 Å². The molecule has 0 spiro atoms. The summed E-state index contributed by atoms with van der Waals surface area (Å²) in [4.78, 5) is 92.4. The number of H-pyrrole nitrogens is 1. The highest BCUT2D eigenvalue weighted by atomic mass is 32.2. The first-order chi connectivity index (χ1) is 24.6. The fourth-order valence-corrected chi connectivity index (χ4v) is 5.58. The summed E-state index contributed by atoms with van der Waals surface area (Å²) in [6.07, 6.45) is 2.64. The molecule has 0 unspecified atom stereocenters. The number of amides is 5. The van der Waals surface area contributed by atoms with Crippen LogP contribution in [0.25, 0.3) is 10.9 Å². The summed E-state index contributed by atoms with van der Waals surface area (Å²) in [7, 11) is 0. The lowest BCUT2D eigenvalue weighted by Gasteiger charge is -2.27. The Morgan fingerprint density at radius 2 is 1.29 bits per heavy atom. The summed E-state index contributed by atoms with van der Waals surface area (Å²) in [6, 6.07) is -0.973. The van der Waals surface area contributed by atoms with Gasteiger partial charge in [0.25, 0.3) is 0 Å². The molecule has 1 aromatic heterocycles. The maximum Gasteiger partial charge on any atom is 0.328 e. The van der Waals surface area contributed by atoms with Crippen molar-refractivity contribution in [2.75, 3.05) is 25.2 Å². The Hall–Kier alpha value is -4.72. The van der Waals surface area contributed by atoms with Crippen molar-refractivity contribution >= 4 is 64.1 Å². The van der Waals surface area contributed by atoms with Gasteiger partial charge in [0, 0.05) is 29.9 Å². The van der Waals surface area contributed by atoms with Gasteiger partial charge in [0.15, 0.2) is 0 Å². The summed E-state index contributed by atoms with van der Waals surface area (Å²) in [6.45, 7) is 1.89. The lowest BCUT2D eigenvalue weighted by atomic mass is 10.0. The van der Waals surface area contributed by atoms with Crippen molar-refractivity contribution in [1.82, 2.24) is 31.6 Å². The molecule has 6 atom stereocenters. The van der Waals surface area contributed by atoms with Crippen LogP contribution in [0.2, 0.25) is 0 Å². The third kappa shape index (κ3) is 13.8. The van der Waals surface area contributed by atoms with Gasteiger partial charge in [-0.25, -0.2) is 4.79 Å². The number of hydrogen-bond donors (Lipinski definition) is 11. The van der Waals surface area contributed by atoms with Crippen molar-refractivity contribution in [2.45, 2.75) is 82.2 Å². The number of hydrogen-bond acceptors (Lipinski definition) is 11. The maximum absolute atomic E-state index is 13.8. The standard InChI is InChI=1S/C33H49N7O11S/c1-17(2)12-24(31(48)36-22(8-9-27(43)44)29(46)40-26(16-42)33(50)51)39-30(47)23(10-11-52-3)37-32(49)25(38-28(45)20(34)15-41)13-18-14-35-21-7-5-4-6-19(18)21/h4-7,14,17,20,22-26,35,41-42H,8-13,15-16,34H2,1-3H3,(H,36,48)(H,37,49)(H,38,45)(H,39,47)(H,40,46)(H,43,44)(H,50,51)/t20-,22-,23-,24-,25-,26-/m0/s1. The summed E-state index contributed by atoms with van der Waals surface area (Å²) >= 11 is 1.39. The lowest BCUT2D eigenvalue weighted by Crippen LogP contribution is -2.60. The Morgan fingerprint density at radius 3 is 1.85 bits per heavy atom. The van der Waals surface area contributed by atoms with E-state index in [0.29, 0.717) is 11.3 Å². The molecule has 288 valence electrons. The average Bonchev–Trinajstić information content (AvgIpc) is 3.51. The zero-order valence-corrected chi connectivity index (χ0v) is 30.0. The van der Waals surface area contributed by atoms with E-state index >= 15 is 0 Å². The number of benzene rings is 1. The van der Waals surface area contributed by atoms with E-state index in [4.69, 9.17) is 5.73 Å². The van der Waals surface area contributed by atoms with E-state index < -0.39 is 104 Å². The molecule has 0 radical (unpaired) electrons. The highest BCUT2D eigenvalue weighted by molar-refractivity contribution is 7.98. The Labute approximate surface area is 304 Å². The Kier molecular flexibility index (Phi) is 18.0. The van der Waals surface area contributed by atoms with Gasteiger partial charge in [0.05, 0.1) is 13.2 Å². The third-order valence-corrected chi connectivity index (χ3v) is 8.57. The molecule has 19 heteroatoms. The molecule has 52 heavy (non-hydrogen) atoms. The molecule has 5 amide bonds. The Bertz CT molecular complexity index is 1550. The van der Waals surface area contributed by atoms with E-state index in [9.17, 15) is 54.0 Å². The van der Waals surface area contributed by atoms with Crippen LogP contribution in [0.5, 0.6) is 0 Å². The number of aromatic nitrogens is 1. The summed E-state index contributed by atoms with van der Waals surface area (Å²) in [5.74, 6) is -6.84. The van der Waals surface area contributed by atoms with E-state index in [0.717, 1.165) is 10.9 Å². The van der Waals surface area contributed by atoms with Crippen molar-refractivity contribution in [3.8, 4) is 0 Å². The van der Waals surface area contributed by atoms with E-state index in [-0.39, 0.29) is 25.2 Å². The Balaban J connectivity index is 2.34. The van der Waals surface area contributed by atoms with Gasteiger partial charge in [0.1, 0.15) is 36.3 Å². The van der Waals surface area contributed by atoms with E-state index in [1.54, 1.807) is 26.3 Å². The number of rotatable bonds is 23. The van der Waals surface area contributed by atoms with Gasteiger partial charge >= 0.3 is 11.9 Å². The van der Waals surface area contributed by atoms with Gasteiger partial charge in [-0.05, 0) is 48.8 Å². The van der Waals surface area contributed by atoms with Crippen molar-refractivity contribution in [3.05, 3.63) is 36.0 Å². The number of carbonyl (C=O) groups is 7. The average molecular weight is 752 g/mol. The minimum atomic E-state index is -1.72. The van der Waals surface area contributed by atoms with Gasteiger partial charge < -0.3 is 57.7 Å². The Morgan fingerprint density at radius 1 is 0.750 bits per heavy atom. The highest BCUT2D eigenvalue weighted by Crippen LogP contribution is 2.19. The topological polar surface area (TPSA) is 302 Å². The molecule has 2 rings (SSSR count). The molecule has 1 heterocycles. The van der Waals surface area contributed by atoms with Crippen LogP contribution in [0.4, 0.5) is 0 Å². The zero-order valence-electron chi connectivity index (χ0n) is 29.2. The maximum atomic E-state index is 13.8. The van der Waals surface area contributed by atoms with Crippen molar-refractivity contribution in [3.63, 3.8) is 0 Å². The molecular weight excluding hydrogens is 702 g/mol. The first-order valence-electron chi connectivity index (χ1n) is 16.6. The number of carboxylic acid groups (broad SMARTS) is 2. The molecule has 1 aromatic carbocycles. The van der Waals surface area contributed by atoms with Gasteiger partial charge in [0.2, 0.25) is 29.5 Å². The number of aliphatic carboxylic acids is 2. The lowest BCUT2D eigenvalue weighted by molar-refractivity contribution is -0.144. The molecule has 0 saturated carbocycles. The van der Waals surface area contributed by atoms with Crippen molar-refractivity contribution in [1.29, 1.82) is 0 Å². The number of aliphatic hydroxyl groups is 2. The fourth-order valence-electron chi connectivity index (χ4n) is 5.11. The second-order valence-electron chi connectivity index (χ2n) is 12.5. The second-order valence-corrected chi connectivity index (χ2v) is 13.5. The normalized spacial score (nSPS) is 14.7. The predicted octanol–water partition coefficient (Wildman–Crippen LogP) is -1.81. The number of para-hydroxylation sites is 1. The minimum absolute atomic E-state index is 0.00616. The first kappa shape index (κ1) is 43.4. The van der Waals surface area contributed by atoms with Crippen LogP contribution in [-0.4, -0.2) is 128 Å². The molecule has 18 nitrogen and oxygen atoms in total. The molecule has 0 aliphatic heterocycles. The van der Waals surface area contributed by atoms with Gasteiger partial charge in [-0.15, -0.1) is 0 Å². The number of nitrogens with two attached hydrogens (primary N) is 1.